The molecule has 0 radical (unpaired) electrons. The van der Waals surface area contributed by atoms with Crippen LogP contribution in [0.2, 0.25) is 0 Å². The minimum atomic E-state index is 0.402. The summed E-state index contributed by atoms with van der Waals surface area (Å²) in [5, 5.41) is 3.56. The summed E-state index contributed by atoms with van der Waals surface area (Å²) in [7, 11) is 0. The molecule has 0 bridgehead atoms. The van der Waals surface area contributed by atoms with Gasteiger partial charge in [0.2, 0.25) is 0 Å². The van der Waals surface area contributed by atoms with Crippen LogP contribution < -0.4 is 5.32 Å². The Morgan fingerprint density at radius 2 is 1.94 bits per heavy atom. The number of likely N-dealkylation sites (N-methyl/N-ethyl adjacent to an activating group) is 1. The maximum atomic E-state index is 4.15. The second-order valence-electron chi connectivity index (χ2n) is 6.00. The molecule has 0 amide bonds. The number of pyridine rings is 1. The largest absolute Gasteiger partial charge is 0.316 e. The van der Waals surface area contributed by atoms with Gasteiger partial charge in [0, 0.05) is 24.4 Å². The smallest absolute Gasteiger partial charge is 0.0270 e. The summed E-state index contributed by atoms with van der Waals surface area (Å²) in [6.45, 7) is 4.40. The van der Waals surface area contributed by atoms with Crippen molar-refractivity contribution in [1.29, 1.82) is 0 Å². The van der Waals surface area contributed by atoms with Crippen LogP contribution in [0, 0.1) is 5.41 Å². The molecule has 1 aromatic heterocycles. The second kappa shape index (κ2) is 4.09. The summed E-state index contributed by atoms with van der Waals surface area (Å²) in [5.74, 6) is 0. The Hall–Kier alpha value is -0.890. The Bertz CT molecular complexity index is 373. The van der Waals surface area contributed by atoms with Gasteiger partial charge in [-0.15, -0.1) is 0 Å². The highest BCUT2D eigenvalue weighted by atomic mass is 14.9. The SMILES string of the molecule is CCNCC1(c2ccncc2)CC2(CCC2)C1. The quantitative estimate of drug-likeness (QED) is 0.860. The van der Waals surface area contributed by atoms with E-state index in [1.54, 1.807) is 0 Å². The topological polar surface area (TPSA) is 24.9 Å². The maximum Gasteiger partial charge on any atom is 0.0270 e. The van der Waals surface area contributed by atoms with Crippen molar-refractivity contribution in [3.05, 3.63) is 30.1 Å². The van der Waals surface area contributed by atoms with Crippen LogP contribution in [0.25, 0.3) is 0 Å². The predicted octanol–water partition coefficient (Wildman–Crippen LogP) is 2.89. The van der Waals surface area contributed by atoms with Crippen LogP contribution >= 0.6 is 0 Å². The Labute approximate surface area is 104 Å². The molecule has 0 aliphatic heterocycles. The minimum Gasteiger partial charge on any atom is -0.316 e. The van der Waals surface area contributed by atoms with E-state index < -0.39 is 0 Å². The molecule has 2 heteroatoms. The van der Waals surface area contributed by atoms with Crippen LogP contribution in [-0.2, 0) is 5.41 Å². The van der Waals surface area contributed by atoms with Gasteiger partial charge < -0.3 is 5.32 Å². The summed E-state index contributed by atoms with van der Waals surface area (Å²) in [5.41, 5.74) is 2.61. The summed E-state index contributed by atoms with van der Waals surface area (Å²) in [6.07, 6.45) is 11.0. The van der Waals surface area contributed by atoms with Crippen LogP contribution in [-0.4, -0.2) is 18.1 Å². The van der Waals surface area contributed by atoms with Gasteiger partial charge in [-0.05, 0) is 55.3 Å². The molecule has 2 saturated carbocycles. The summed E-state index contributed by atoms with van der Waals surface area (Å²) >= 11 is 0. The number of nitrogens with one attached hydrogen (secondary N) is 1. The van der Waals surface area contributed by atoms with Gasteiger partial charge in [0.15, 0.2) is 0 Å². The van der Waals surface area contributed by atoms with Crippen LogP contribution in [0.4, 0.5) is 0 Å². The highest BCUT2D eigenvalue weighted by Gasteiger charge is 2.57. The Balaban J connectivity index is 1.78. The van der Waals surface area contributed by atoms with Gasteiger partial charge in [-0.2, -0.15) is 0 Å². The fourth-order valence-corrected chi connectivity index (χ4v) is 3.92. The van der Waals surface area contributed by atoms with Crippen molar-refractivity contribution in [2.45, 2.75) is 44.4 Å². The lowest BCUT2D eigenvalue weighted by Crippen LogP contribution is -2.57. The zero-order valence-electron chi connectivity index (χ0n) is 10.7. The van der Waals surface area contributed by atoms with Gasteiger partial charge in [-0.25, -0.2) is 0 Å². The minimum absolute atomic E-state index is 0.402. The molecule has 2 aliphatic carbocycles. The summed E-state index contributed by atoms with van der Waals surface area (Å²) < 4.78 is 0. The van der Waals surface area contributed by atoms with E-state index in [4.69, 9.17) is 0 Å². The van der Waals surface area contributed by atoms with Crippen LogP contribution in [0.5, 0.6) is 0 Å². The van der Waals surface area contributed by atoms with Crippen molar-refractivity contribution in [3.63, 3.8) is 0 Å². The molecule has 1 heterocycles. The number of rotatable bonds is 4. The molecule has 92 valence electrons. The van der Waals surface area contributed by atoms with E-state index in [1.165, 1.54) is 37.7 Å². The highest BCUT2D eigenvalue weighted by molar-refractivity contribution is 5.30. The number of nitrogens with zero attached hydrogens (tertiary/aromatic N) is 1. The third-order valence-corrected chi connectivity index (χ3v) is 4.85. The second-order valence-corrected chi connectivity index (χ2v) is 6.00. The van der Waals surface area contributed by atoms with E-state index in [2.05, 4.69) is 29.4 Å². The average molecular weight is 230 g/mol. The number of aromatic nitrogens is 1. The molecular formula is C15H22N2. The van der Waals surface area contributed by atoms with Crippen LogP contribution in [0.1, 0.15) is 44.6 Å². The number of hydrogen-bond donors (Lipinski definition) is 1. The molecule has 0 aromatic carbocycles. The first-order valence-electron chi connectivity index (χ1n) is 6.90. The predicted molar refractivity (Wildman–Crippen MR) is 70.0 cm³/mol. The Kier molecular flexibility index (Phi) is 2.70. The monoisotopic (exact) mass is 230 g/mol. The van der Waals surface area contributed by atoms with Crippen molar-refractivity contribution >= 4 is 0 Å². The lowest BCUT2D eigenvalue weighted by atomic mass is 9.44. The lowest BCUT2D eigenvalue weighted by Gasteiger charge is -2.61. The standard InChI is InChI=1S/C15H22N2/c1-2-16-12-15(13-4-8-17-9-5-13)10-14(11-15)6-3-7-14/h4-5,8-9,16H,2-3,6-7,10-12H2,1H3. The lowest BCUT2D eigenvalue weighted by molar-refractivity contribution is -0.0481. The van der Waals surface area contributed by atoms with Gasteiger partial charge in [0.25, 0.3) is 0 Å². The first kappa shape index (κ1) is 11.2. The normalized spacial score (nSPS) is 24.1. The van der Waals surface area contributed by atoms with Crippen molar-refractivity contribution < 1.29 is 0 Å². The molecule has 2 fully saturated rings. The average Bonchev–Trinajstić information content (AvgIpc) is 2.27. The van der Waals surface area contributed by atoms with E-state index >= 15 is 0 Å². The fourth-order valence-electron chi connectivity index (χ4n) is 3.92. The molecule has 1 N–H and O–H groups in total. The van der Waals surface area contributed by atoms with Crippen molar-refractivity contribution in [1.82, 2.24) is 10.3 Å². The van der Waals surface area contributed by atoms with Gasteiger partial charge in [-0.3, -0.25) is 4.98 Å². The molecule has 1 aromatic rings. The Morgan fingerprint density at radius 3 is 2.47 bits per heavy atom. The molecule has 0 saturated heterocycles. The van der Waals surface area contributed by atoms with Gasteiger partial charge in [0.1, 0.15) is 0 Å². The molecule has 17 heavy (non-hydrogen) atoms. The molecule has 0 atom stereocenters. The summed E-state index contributed by atoms with van der Waals surface area (Å²) in [6, 6.07) is 4.42. The maximum absolute atomic E-state index is 4.15. The van der Waals surface area contributed by atoms with Crippen LogP contribution in [0.3, 0.4) is 0 Å². The first-order valence-corrected chi connectivity index (χ1v) is 6.90. The van der Waals surface area contributed by atoms with Crippen molar-refractivity contribution in [2.75, 3.05) is 13.1 Å². The zero-order valence-corrected chi connectivity index (χ0v) is 10.7. The third-order valence-electron chi connectivity index (χ3n) is 4.85. The number of hydrogen-bond acceptors (Lipinski definition) is 2. The van der Waals surface area contributed by atoms with E-state index in [0.717, 1.165) is 18.5 Å². The highest BCUT2D eigenvalue weighted by Crippen LogP contribution is 2.64. The van der Waals surface area contributed by atoms with Crippen LogP contribution in [0.15, 0.2) is 24.5 Å². The van der Waals surface area contributed by atoms with Gasteiger partial charge in [-0.1, -0.05) is 13.3 Å². The molecule has 2 nitrogen and oxygen atoms in total. The van der Waals surface area contributed by atoms with E-state index in [1.807, 2.05) is 12.4 Å². The van der Waals surface area contributed by atoms with Crippen molar-refractivity contribution in [2.24, 2.45) is 5.41 Å². The van der Waals surface area contributed by atoms with Gasteiger partial charge >= 0.3 is 0 Å². The Morgan fingerprint density at radius 1 is 1.24 bits per heavy atom. The van der Waals surface area contributed by atoms with E-state index in [9.17, 15) is 0 Å². The molecule has 2 aliphatic rings. The van der Waals surface area contributed by atoms with E-state index in [-0.39, 0.29) is 0 Å². The molecule has 0 unspecified atom stereocenters. The summed E-state index contributed by atoms with van der Waals surface area (Å²) in [4.78, 5) is 4.15. The van der Waals surface area contributed by atoms with Gasteiger partial charge in [0.05, 0.1) is 0 Å². The molecular weight excluding hydrogens is 208 g/mol. The zero-order chi connectivity index (χ0) is 11.8. The molecule has 3 rings (SSSR count). The molecule has 1 spiro atoms. The van der Waals surface area contributed by atoms with E-state index in [0.29, 0.717) is 5.41 Å². The first-order chi connectivity index (χ1) is 8.29. The fraction of sp³-hybridized carbons (Fsp3) is 0.667. The third kappa shape index (κ3) is 1.79. The van der Waals surface area contributed by atoms with Crippen molar-refractivity contribution in [3.8, 4) is 0 Å².